The second kappa shape index (κ2) is 5.17. The van der Waals surface area contributed by atoms with E-state index in [1.54, 1.807) is 7.11 Å². The molecule has 3 aliphatic rings. The smallest absolute Gasteiger partial charge is 0.197 e. The molecule has 3 heteroatoms. The second-order valence-electron chi connectivity index (χ2n) is 7.32. The van der Waals surface area contributed by atoms with E-state index in [1.807, 2.05) is 26.0 Å². The van der Waals surface area contributed by atoms with Crippen LogP contribution in [-0.4, -0.2) is 18.7 Å². The normalized spacial score (nSPS) is 21.3. The minimum atomic E-state index is -0.124. The molecule has 3 nitrogen and oxygen atoms in total. The Morgan fingerprint density at radius 3 is 2.46 bits per heavy atom. The molecule has 1 aromatic rings. The van der Waals surface area contributed by atoms with Crippen LogP contribution in [0.2, 0.25) is 0 Å². The fourth-order valence-electron chi connectivity index (χ4n) is 4.75. The van der Waals surface area contributed by atoms with Gasteiger partial charge in [-0.05, 0) is 50.3 Å². The Kier molecular flexibility index (Phi) is 3.31. The summed E-state index contributed by atoms with van der Waals surface area (Å²) in [5.74, 6) is 0.531. The van der Waals surface area contributed by atoms with Gasteiger partial charge in [-0.2, -0.15) is 0 Å². The van der Waals surface area contributed by atoms with Crippen molar-refractivity contribution in [2.45, 2.75) is 46.0 Å². The third-order valence-corrected chi connectivity index (χ3v) is 6.09. The Morgan fingerprint density at radius 2 is 1.79 bits per heavy atom. The van der Waals surface area contributed by atoms with Crippen molar-refractivity contribution in [3.63, 3.8) is 0 Å². The number of ketones is 2. The van der Waals surface area contributed by atoms with Crippen molar-refractivity contribution < 1.29 is 14.3 Å². The van der Waals surface area contributed by atoms with E-state index >= 15 is 0 Å². The van der Waals surface area contributed by atoms with E-state index in [-0.39, 0.29) is 17.0 Å². The maximum Gasteiger partial charge on any atom is 0.197 e. The van der Waals surface area contributed by atoms with Crippen LogP contribution >= 0.6 is 0 Å². The van der Waals surface area contributed by atoms with Crippen molar-refractivity contribution in [2.75, 3.05) is 7.11 Å². The lowest BCUT2D eigenvalue weighted by Gasteiger charge is -2.37. The van der Waals surface area contributed by atoms with E-state index < -0.39 is 0 Å². The molecular formula is C21H22O3. The van der Waals surface area contributed by atoms with Gasteiger partial charge in [0.05, 0.1) is 12.7 Å². The maximum absolute atomic E-state index is 13.4. The molecule has 0 aliphatic heterocycles. The summed E-state index contributed by atoms with van der Waals surface area (Å²) in [6.07, 6.45) is 9.09. The summed E-state index contributed by atoms with van der Waals surface area (Å²) >= 11 is 0. The summed E-state index contributed by atoms with van der Waals surface area (Å²) in [4.78, 5) is 26.6. The fraction of sp³-hybridized carbons (Fsp3) is 0.429. The van der Waals surface area contributed by atoms with Crippen LogP contribution in [0, 0.1) is 19.3 Å². The third kappa shape index (κ3) is 1.84. The van der Waals surface area contributed by atoms with Crippen LogP contribution < -0.4 is 4.74 Å². The molecule has 0 radical (unpaired) electrons. The number of benzene rings is 1. The standard InChI is InChI=1S/C21H22O3/c1-12-11-15-16(20(24-3)13(12)2)18(22)14-7-6-10-21(8-4-5-9-21)17(14)19(15)23/h6-7,11H,4-5,8-10H2,1-3H3. The lowest BCUT2D eigenvalue weighted by molar-refractivity contribution is 0.0946. The predicted octanol–water partition coefficient (Wildman–Crippen LogP) is 4.51. The summed E-state index contributed by atoms with van der Waals surface area (Å²) in [7, 11) is 1.57. The molecule has 1 spiro atoms. The van der Waals surface area contributed by atoms with Gasteiger partial charge < -0.3 is 4.74 Å². The van der Waals surface area contributed by atoms with Crippen LogP contribution in [0.25, 0.3) is 0 Å². The van der Waals surface area contributed by atoms with Gasteiger partial charge >= 0.3 is 0 Å². The molecule has 3 aliphatic carbocycles. The molecule has 0 bridgehead atoms. The van der Waals surface area contributed by atoms with Crippen molar-refractivity contribution in [1.29, 1.82) is 0 Å². The Balaban J connectivity index is 2.00. The number of ether oxygens (including phenoxy) is 1. The van der Waals surface area contributed by atoms with Crippen LogP contribution in [0.5, 0.6) is 5.75 Å². The van der Waals surface area contributed by atoms with Crippen molar-refractivity contribution in [3.8, 4) is 5.75 Å². The van der Waals surface area contributed by atoms with E-state index in [1.165, 1.54) is 0 Å². The first-order valence-electron chi connectivity index (χ1n) is 8.69. The summed E-state index contributed by atoms with van der Waals surface area (Å²) in [5.41, 5.74) is 4.14. The minimum absolute atomic E-state index is 0.0345. The Hall–Kier alpha value is -2.16. The van der Waals surface area contributed by atoms with E-state index in [9.17, 15) is 9.59 Å². The molecule has 0 aromatic heterocycles. The van der Waals surface area contributed by atoms with Gasteiger partial charge in [-0.1, -0.05) is 25.0 Å². The van der Waals surface area contributed by atoms with Crippen molar-refractivity contribution in [1.82, 2.24) is 0 Å². The van der Waals surface area contributed by atoms with Gasteiger partial charge in [0, 0.05) is 22.1 Å². The zero-order valence-corrected chi connectivity index (χ0v) is 14.5. The molecule has 0 saturated heterocycles. The maximum atomic E-state index is 13.4. The number of aryl methyl sites for hydroxylation is 1. The van der Waals surface area contributed by atoms with Gasteiger partial charge in [0.2, 0.25) is 0 Å². The molecule has 0 unspecified atom stereocenters. The Bertz CT molecular complexity index is 833. The quantitative estimate of drug-likeness (QED) is 0.764. The summed E-state index contributed by atoms with van der Waals surface area (Å²) in [5, 5.41) is 0. The van der Waals surface area contributed by atoms with Crippen LogP contribution in [0.3, 0.4) is 0 Å². The van der Waals surface area contributed by atoms with E-state index in [2.05, 4.69) is 6.08 Å². The van der Waals surface area contributed by atoms with Gasteiger partial charge in [0.25, 0.3) is 0 Å². The van der Waals surface area contributed by atoms with Crippen LogP contribution in [0.15, 0.2) is 29.4 Å². The largest absolute Gasteiger partial charge is 0.496 e. The topological polar surface area (TPSA) is 43.4 Å². The molecule has 0 atom stereocenters. The number of carbonyl (C=O) groups is 2. The zero-order chi connectivity index (χ0) is 17.1. The minimum Gasteiger partial charge on any atom is -0.496 e. The van der Waals surface area contributed by atoms with Crippen LogP contribution in [0.4, 0.5) is 0 Å². The number of carbonyl (C=O) groups excluding carboxylic acids is 2. The first-order valence-corrected chi connectivity index (χ1v) is 8.69. The zero-order valence-electron chi connectivity index (χ0n) is 14.5. The van der Waals surface area contributed by atoms with E-state index in [0.29, 0.717) is 22.4 Å². The fourth-order valence-corrected chi connectivity index (χ4v) is 4.75. The van der Waals surface area contributed by atoms with Crippen molar-refractivity contribution in [2.24, 2.45) is 5.41 Å². The lowest BCUT2D eigenvalue weighted by Crippen LogP contribution is -2.34. The first kappa shape index (κ1) is 15.4. The predicted molar refractivity (Wildman–Crippen MR) is 92.8 cm³/mol. The molecule has 1 saturated carbocycles. The highest BCUT2D eigenvalue weighted by Gasteiger charge is 2.47. The van der Waals surface area contributed by atoms with Crippen molar-refractivity contribution >= 4 is 11.6 Å². The molecular weight excluding hydrogens is 300 g/mol. The number of hydrogen-bond acceptors (Lipinski definition) is 3. The first-order chi connectivity index (χ1) is 11.5. The highest BCUT2D eigenvalue weighted by molar-refractivity contribution is 6.29. The molecule has 0 heterocycles. The van der Waals surface area contributed by atoms with E-state index in [4.69, 9.17) is 4.74 Å². The molecule has 4 rings (SSSR count). The van der Waals surface area contributed by atoms with Crippen LogP contribution in [0.1, 0.15) is 63.9 Å². The van der Waals surface area contributed by atoms with Gasteiger partial charge in [-0.25, -0.2) is 0 Å². The van der Waals surface area contributed by atoms with E-state index in [0.717, 1.165) is 48.8 Å². The molecule has 24 heavy (non-hydrogen) atoms. The summed E-state index contributed by atoms with van der Waals surface area (Å²) in [6.45, 7) is 3.90. The van der Waals surface area contributed by atoms with Gasteiger partial charge in [0.15, 0.2) is 11.6 Å². The molecule has 0 N–H and O–H groups in total. The molecule has 1 aromatic carbocycles. The number of rotatable bonds is 1. The monoisotopic (exact) mass is 322 g/mol. The SMILES string of the molecule is COc1c(C)c(C)cc2c1C(=O)C1=C(C2=O)C2(CC=C1)CCCC2. The lowest BCUT2D eigenvalue weighted by atomic mass is 9.65. The van der Waals surface area contributed by atoms with Crippen molar-refractivity contribution in [3.05, 3.63) is 51.6 Å². The molecule has 1 fully saturated rings. The number of Topliss-reactive ketones (excluding diaryl/α,β-unsaturated/α-hetero) is 2. The number of allylic oxidation sites excluding steroid dienone is 4. The molecule has 124 valence electrons. The third-order valence-electron chi connectivity index (χ3n) is 6.09. The number of hydrogen-bond donors (Lipinski definition) is 0. The van der Waals surface area contributed by atoms with Gasteiger partial charge in [0.1, 0.15) is 5.75 Å². The van der Waals surface area contributed by atoms with Gasteiger partial charge in [-0.15, -0.1) is 0 Å². The summed E-state index contributed by atoms with van der Waals surface area (Å²) < 4.78 is 5.52. The number of fused-ring (bicyclic) bond motifs is 2. The number of methoxy groups -OCH3 is 1. The van der Waals surface area contributed by atoms with Crippen LogP contribution in [-0.2, 0) is 0 Å². The highest BCUT2D eigenvalue weighted by atomic mass is 16.5. The highest BCUT2D eigenvalue weighted by Crippen LogP contribution is 2.53. The molecule has 0 amide bonds. The second-order valence-corrected chi connectivity index (χ2v) is 7.32. The summed E-state index contributed by atoms with van der Waals surface area (Å²) in [6, 6.07) is 1.87. The van der Waals surface area contributed by atoms with Gasteiger partial charge in [-0.3, -0.25) is 9.59 Å². The Morgan fingerprint density at radius 1 is 1.08 bits per heavy atom. The average Bonchev–Trinajstić information content (AvgIpc) is 3.03. The Labute approximate surface area is 142 Å². The average molecular weight is 322 g/mol.